The van der Waals surface area contributed by atoms with Gasteiger partial charge in [-0.3, -0.25) is 9.59 Å². The van der Waals surface area contributed by atoms with Crippen molar-refractivity contribution in [3.63, 3.8) is 0 Å². The number of carbonyl (C=O) groups excluding carboxylic acids is 2. The van der Waals surface area contributed by atoms with E-state index in [9.17, 15) is 9.59 Å². The Morgan fingerprint density at radius 2 is 1.70 bits per heavy atom. The van der Waals surface area contributed by atoms with Gasteiger partial charge in [-0.15, -0.1) is 0 Å². The number of hydrogen-bond acceptors (Lipinski definition) is 4. The normalized spacial score (nSPS) is 10.8. The maximum atomic E-state index is 13.3. The van der Waals surface area contributed by atoms with Crippen LogP contribution in [0.4, 0.5) is 0 Å². The zero-order chi connectivity index (χ0) is 24.1. The molecule has 0 radical (unpaired) electrons. The fourth-order valence-corrected chi connectivity index (χ4v) is 3.58. The van der Waals surface area contributed by atoms with Crippen LogP contribution >= 0.6 is 0 Å². The van der Waals surface area contributed by atoms with Crippen LogP contribution in [-0.4, -0.2) is 66.1 Å². The highest BCUT2D eigenvalue weighted by molar-refractivity contribution is 5.86. The molecule has 0 fully saturated rings. The summed E-state index contributed by atoms with van der Waals surface area (Å²) in [4.78, 5) is 30.0. The summed E-state index contributed by atoms with van der Waals surface area (Å²) >= 11 is 0. The van der Waals surface area contributed by atoms with Gasteiger partial charge in [-0.1, -0.05) is 25.5 Å². The Hall–Kier alpha value is -2.80. The van der Waals surface area contributed by atoms with E-state index in [4.69, 9.17) is 9.47 Å². The fraction of sp³-hybridized carbons (Fsp3) is 0.538. The minimum Gasteiger partial charge on any atom is -0.497 e. The summed E-state index contributed by atoms with van der Waals surface area (Å²) in [5.41, 5.74) is 1.97. The number of hydrogen-bond donors (Lipinski definition) is 0. The Bertz CT molecular complexity index is 847. The predicted octanol–water partition coefficient (Wildman–Crippen LogP) is 3.66. The number of aryl methyl sites for hydroxylation is 1. The van der Waals surface area contributed by atoms with Gasteiger partial charge < -0.3 is 23.8 Å². The number of ether oxygens (including phenoxy) is 2. The van der Waals surface area contributed by atoms with E-state index >= 15 is 0 Å². The molecule has 1 aromatic carbocycles. The van der Waals surface area contributed by atoms with Crippen molar-refractivity contribution in [3.8, 4) is 5.75 Å². The smallest absolute Gasteiger partial charge is 0.242 e. The fourth-order valence-electron chi connectivity index (χ4n) is 3.58. The molecule has 0 aliphatic heterocycles. The zero-order valence-corrected chi connectivity index (χ0v) is 20.6. The minimum absolute atomic E-state index is 0.0239. The topological polar surface area (TPSA) is 64.0 Å². The largest absolute Gasteiger partial charge is 0.497 e. The summed E-state index contributed by atoms with van der Waals surface area (Å²) < 4.78 is 12.7. The van der Waals surface area contributed by atoms with Crippen LogP contribution < -0.4 is 4.74 Å². The van der Waals surface area contributed by atoms with Gasteiger partial charge in [0.15, 0.2) is 0 Å². The Labute approximate surface area is 198 Å². The van der Waals surface area contributed by atoms with Gasteiger partial charge in [0.25, 0.3) is 0 Å². The van der Waals surface area contributed by atoms with E-state index in [1.807, 2.05) is 66.0 Å². The second-order valence-corrected chi connectivity index (χ2v) is 8.17. The molecule has 2 amide bonds. The highest BCUT2D eigenvalue weighted by Gasteiger charge is 2.22. The standard InChI is InChI=1S/C26H39N3O4/c1-5-7-16-28(20-23-10-8-15-27(23)3)26(31)21-29(17-9-18-33-6-2)25(30)19-22-11-13-24(32-4)14-12-22/h8,10-15H,5-7,9,16-21H2,1-4H3. The lowest BCUT2D eigenvalue weighted by molar-refractivity contribution is -0.140. The van der Waals surface area contributed by atoms with Gasteiger partial charge in [0.2, 0.25) is 11.8 Å². The van der Waals surface area contributed by atoms with E-state index in [1.165, 1.54) is 0 Å². The first-order valence-corrected chi connectivity index (χ1v) is 11.8. The highest BCUT2D eigenvalue weighted by atomic mass is 16.5. The molecule has 7 heteroatoms. The molecule has 0 aliphatic carbocycles. The first kappa shape index (κ1) is 26.5. The highest BCUT2D eigenvalue weighted by Crippen LogP contribution is 2.13. The summed E-state index contributed by atoms with van der Waals surface area (Å²) in [5.74, 6) is 0.672. The van der Waals surface area contributed by atoms with Gasteiger partial charge in [-0.05, 0) is 49.6 Å². The van der Waals surface area contributed by atoms with Gasteiger partial charge >= 0.3 is 0 Å². The Morgan fingerprint density at radius 1 is 0.970 bits per heavy atom. The molecule has 0 bridgehead atoms. The maximum Gasteiger partial charge on any atom is 0.242 e. The number of nitrogens with zero attached hydrogens (tertiary/aromatic N) is 3. The number of benzene rings is 1. The van der Waals surface area contributed by atoms with Crippen molar-refractivity contribution < 1.29 is 19.1 Å². The van der Waals surface area contributed by atoms with Crippen LogP contribution in [-0.2, 0) is 34.3 Å². The number of rotatable bonds is 15. The molecular formula is C26H39N3O4. The third kappa shape index (κ3) is 8.92. The molecule has 0 aliphatic rings. The first-order chi connectivity index (χ1) is 16.0. The van der Waals surface area contributed by atoms with Crippen molar-refractivity contribution >= 4 is 11.8 Å². The van der Waals surface area contributed by atoms with Crippen LogP contribution in [0.1, 0.15) is 44.4 Å². The van der Waals surface area contributed by atoms with E-state index < -0.39 is 0 Å². The molecule has 1 heterocycles. The molecule has 0 atom stereocenters. The summed E-state index contributed by atoms with van der Waals surface area (Å²) in [6.07, 6.45) is 4.86. The zero-order valence-electron chi connectivity index (χ0n) is 20.6. The second kappa shape index (κ2) is 14.4. The average Bonchev–Trinajstić information content (AvgIpc) is 3.23. The van der Waals surface area contributed by atoms with Crippen molar-refractivity contribution in [1.29, 1.82) is 0 Å². The van der Waals surface area contributed by atoms with Crippen LogP contribution in [0.3, 0.4) is 0 Å². The third-order valence-electron chi connectivity index (χ3n) is 5.65. The van der Waals surface area contributed by atoms with Gasteiger partial charge in [0, 0.05) is 45.2 Å². The summed E-state index contributed by atoms with van der Waals surface area (Å²) in [7, 11) is 3.60. The van der Waals surface area contributed by atoms with Crippen LogP contribution in [0.5, 0.6) is 5.75 Å². The van der Waals surface area contributed by atoms with Crippen LogP contribution in [0.15, 0.2) is 42.6 Å². The first-order valence-electron chi connectivity index (χ1n) is 11.8. The van der Waals surface area contributed by atoms with Gasteiger partial charge in [0.1, 0.15) is 5.75 Å². The van der Waals surface area contributed by atoms with Gasteiger partial charge in [-0.25, -0.2) is 0 Å². The molecule has 0 spiro atoms. The molecule has 7 nitrogen and oxygen atoms in total. The molecule has 2 aromatic rings. The van der Waals surface area contributed by atoms with E-state index in [2.05, 4.69) is 6.92 Å². The third-order valence-corrected chi connectivity index (χ3v) is 5.65. The lowest BCUT2D eigenvalue weighted by Gasteiger charge is -2.28. The number of carbonyl (C=O) groups is 2. The minimum atomic E-state index is -0.0562. The van der Waals surface area contributed by atoms with Gasteiger partial charge in [-0.2, -0.15) is 0 Å². The van der Waals surface area contributed by atoms with E-state index in [0.29, 0.717) is 39.3 Å². The van der Waals surface area contributed by atoms with E-state index in [1.54, 1.807) is 12.0 Å². The van der Waals surface area contributed by atoms with Crippen LogP contribution in [0.2, 0.25) is 0 Å². The van der Waals surface area contributed by atoms with Crippen molar-refractivity contribution in [2.24, 2.45) is 7.05 Å². The molecule has 1 aromatic heterocycles. The molecular weight excluding hydrogens is 418 g/mol. The molecule has 0 saturated heterocycles. The average molecular weight is 458 g/mol. The molecule has 0 unspecified atom stereocenters. The van der Waals surface area contributed by atoms with Gasteiger partial charge in [0.05, 0.1) is 26.6 Å². The molecule has 33 heavy (non-hydrogen) atoms. The van der Waals surface area contributed by atoms with E-state index in [-0.39, 0.29) is 24.8 Å². The maximum absolute atomic E-state index is 13.3. The summed E-state index contributed by atoms with van der Waals surface area (Å²) in [6, 6.07) is 11.5. The van der Waals surface area contributed by atoms with Crippen molar-refractivity contribution in [1.82, 2.24) is 14.4 Å². The van der Waals surface area contributed by atoms with E-state index in [0.717, 1.165) is 29.8 Å². The number of unbranched alkanes of at least 4 members (excludes halogenated alkanes) is 1. The Balaban J connectivity index is 2.09. The summed E-state index contributed by atoms with van der Waals surface area (Å²) in [6.45, 7) is 7.07. The monoisotopic (exact) mass is 457 g/mol. The van der Waals surface area contributed by atoms with Crippen molar-refractivity contribution in [2.45, 2.75) is 46.1 Å². The van der Waals surface area contributed by atoms with Crippen molar-refractivity contribution in [2.75, 3.05) is 40.0 Å². The Morgan fingerprint density at radius 3 is 2.30 bits per heavy atom. The van der Waals surface area contributed by atoms with Crippen molar-refractivity contribution in [3.05, 3.63) is 53.9 Å². The molecule has 0 N–H and O–H groups in total. The number of amides is 2. The Kier molecular flexibility index (Phi) is 11.5. The predicted molar refractivity (Wildman–Crippen MR) is 130 cm³/mol. The lowest BCUT2D eigenvalue weighted by Crippen LogP contribution is -2.44. The quantitative estimate of drug-likeness (QED) is 0.383. The number of aromatic nitrogens is 1. The molecule has 2 rings (SSSR count). The molecule has 0 saturated carbocycles. The SMILES string of the molecule is CCCCN(Cc1cccn1C)C(=O)CN(CCCOCC)C(=O)Cc1ccc(OC)cc1. The summed E-state index contributed by atoms with van der Waals surface area (Å²) in [5, 5.41) is 0. The second-order valence-electron chi connectivity index (χ2n) is 8.17. The molecule has 182 valence electrons. The lowest BCUT2D eigenvalue weighted by atomic mass is 10.1. The van der Waals surface area contributed by atoms with Crippen LogP contribution in [0, 0.1) is 0 Å². The van der Waals surface area contributed by atoms with Crippen LogP contribution in [0.25, 0.3) is 0 Å². The number of methoxy groups -OCH3 is 1.